The third-order valence-corrected chi connectivity index (χ3v) is 2.34. The van der Waals surface area contributed by atoms with Gasteiger partial charge >= 0.3 is 0 Å². The lowest BCUT2D eigenvalue weighted by Gasteiger charge is -2.07. The van der Waals surface area contributed by atoms with Crippen molar-refractivity contribution in [2.24, 2.45) is 11.0 Å². The van der Waals surface area contributed by atoms with Gasteiger partial charge in [0.2, 0.25) is 5.91 Å². The van der Waals surface area contributed by atoms with E-state index in [-0.39, 0.29) is 11.8 Å². The van der Waals surface area contributed by atoms with Crippen LogP contribution >= 0.6 is 0 Å². The van der Waals surface area contributed by atoms with Crippen molar-refractivity contribution in [1.82, 2.24) is 5.43 Å². The van der Waals surface area contributed by atoms with Gasteiger partial charge in [-0.25, -0.2) is 5.43 Å². The van der Waals surface area contributed by atoms with Crippen LogP contribution in [0.5, 0.6) is 11.5 Å². The van der Waals surface area contributed by atoms with Crippen molar-refractivity contribution in [2.45, 2.75) is 13.8 Å². The lowest BCUT2D eigenvalue weighted by atomic mass is 10.2. The van der Waals surface area contributed by atoms with Crippen LogP contribution in [-0.2, 0) is 4.79 Å². The molecule has 0 atom stereocenters. The number of nitrogens with one attached hydrogen (secondary N) is 1. The summed E-state index contributed by atoms with van der Waals surface area (Å²) in [4.78, 5) is 11.3. The number of methoxy groups -OCH3 is 2. The van der Waals surface area contributed by atoms with E-state index in [2.05, 4.69) is 10.5 Å². The number of hydrazone groups is 1. The summed E-state index contributed by atoms with van der Waals surface area (Å²) in [6, 6.07) is 5.36. The highest BCUT2D eigenvalue weighted by atomic mass is 16.5. The topological polar surface area (TPSA) is 59.9 Å². The number of rotatable bonds is 5. The minimum Gasteiger partial charge on any atom is -0.497 e. The molecule has 0 saturated heterocycles. The van der Waals surface area contributed by atoms with Gasteiger partial charge in [0.15, 0.2) is 0 Å². The summed E-state index contributed by atoms with van der Waals surface area (Å²) in [7, 11) is 3.16. The highest BCUT2D eigenvalue weighted by molar-refractivity contribution is 5.85. The van der Waals surface area contributed by atoms with Gasteiger partial charge in [-0.3, -0.25) is 4.79 Å². The Morgan fingerprint density at radius 3 is 2.61 bits per heavy atom. The van der Waals surface area contributed by atoms with Crippen LogP contribution in [0.3, 0.4) is 0 Å². The van der Waals surface area contributed by atoms with Crippen LogP contribution in [-0.4, -0.2) is 26.3 Å². The van der Waals surface area contributed by atoms with E-state index in [9.17, 15) is 4.79 Å². The first kappa shape index (κ1) is 14.0. The molecule has 0 unspecified atom stereocenters. The van der Waals surface area contributed by atoms with Crippen LogP contribution in [0.1, 0.15) is 19.4 Å². The normalized spacial score (nSPS) is 10.7. The quantitative estimate of drug-likeness (QED) is 0.640. The lowest BCUT2D eigenvalue weighted by molar-refractivity contribution is -0.123. The Bertz CT molecular complexity index is 442. The zero-order valence-electron chi connectivity index (χ0n) is 11.1. The molecule has 0 aromatic heterocycles. The zero-order chi connectivity index (χ0) is 13.5. The molecular formula is C13H18N2O3. The second kappa shape index (κ2) is 6.64. The van der Waals surface area contributed by atoms with Crippen molar-refractivity contribution in [3.05, 3.63) is 23.8 Å². The second-order valence-electron chi connectivity index (χ2n) is 4.00. The molecule has 0 fully saturated rings. The summed E-state index contributed by atoms with van der Waals surface area (Å²) in [6.45, 7) is 3.61. The standard InChI is InChI=1S/C13H18N2O3/c1-9(2)13(16)15-14-8-10-5-6-11(17-3)7-12(10)18-4/h5-9H,1-4H3,(H,15,16)/b14-8+. The first-order valence-corrected chi connectivity index (χ1v) is 5.63. The summed E-state index contributed by atoms with van der Waals surface area (Å²) in [5.74, 6) is 1.12. The van der Waals surface area contributed by atoms with Gasteiger partial charge in [0, 0.05) is 17.5 Å². The van der Waals surface area contributed by atoms with Crippen molar-refractivity contribution in [3.8, 4) is 11.5 Å². The van der Waals surface area contributed by atoms with E-state index in [4.69, 9.17) is 9.47 Å². The van der Waals surface area contributed by atoms with Gasteiger partial charge in [0.1, 0.15) is 11.5 Å². The molecule has 1 aromatic rings. The van der Waals surface area contributed by atoms with Crippen LogP contribution in [0.15, 0.2) is 23.3 Å². The Labute approximate surface area is 107 Å². The van der Waals surface area contributed by atoms with Crippen molar-refractivity contribution < 1.29 is 14.3 Å². The minimum atomic E-state index is -0.126. The molecule has 0 heterocycles. The number of hydrogen-bond acceptors (Lipinski definition) is 4. The number of amides is 1. The van der Waals surface area contributed by atoms with Crippen molar-refractivity contribution in [2.75, 3.05) is 14.2 Å². The van der Waals surface area contributed by atoms with E-state index in [1.807, 2.05) is 6.07 Å². The van der Waals surface area contributed by atoms with Crippen LogP contribution in [0, 0.1) is 5.92 Å². The Morgan fingerprint density at radius 1 is 1.33 bits per heavy atom. The Kier molecular flexibility index (Phi) is 5.17. The smallest absolute Gasteiger partial charge is 0.242 e. The molecule has 5 heteroatoms. The molecule has 0 radical (unpaired) electrons. The number of ether oxygens (including phenoxy) is 2. The molecule has 0 aliphatic heterocycles. The van der Waals surface area contributed by atoms with E-state index in [1.54, 1.807) is 46.4 Å². The molecule has 1 N–H and O–H groups in total. The number of carbonyl (C=O) groups excluding carboxylic acids is 1. The molecular weight excluding hydrogens is 232 g/mol. The van der Waals surface area contributed by atoms with Gasteiger partial charge in [0.25, 0.3) is 0 Å². The molecule has 1 rings (SSSR count). The molecule has 18 heavy (non-hydrogen) atoms. The van der Waals surface area contributed by atoms with E-state index in [1.165, 1.54) is 0 Å². The summed E-state index contributed by atoms with van der Waals surface area (Å²) < 4.78 is 10.3. The van der Waals surface area contributed by atoms with Crippen LogP contribution in [0.25, 0.3) is 0 Å². The van der Waals surface area contributed by atoms with Gasteiger partial charge in [-0.2, -0.15) is 5.10 Å². The van der Waals surface area contributed by atoms with E-state index in [0.29, 0.717) is 11.5 Å². The molecule has 98 valence electrons. The van der Waals surface area contributed by atoms with Gasteiger partial charge in [-0.1, -0.05) is 13.8 Å². The monoisotopic (exact) mass is 250 g/mol. The molecule has 1 aromatic carbocycles. The summed E-state index contributed by atoms with van der Waals surface area (Å²) in [5.41, 5.74) is 3.22. The largest absolute Gasteiger partial charge is 0.497 e. The van der Waals surface area contributed by atoms with Gasteiger partial charge < -0.3 is 9.47 Å². The highest BCUT2D eigenvalue weighted by Gasteiger charge is 2.05. The van der Waals surface area contributed by atoms with Gasteiger partial charge in [-0.05, 0) is 12.1 Å². The lowest BCUT2D eigenvalue weighted by Crippen LogP contribution is -2.22. The molecule has 1 amide bonds. The fourth-order valence-corrected chi connectivity index (χ4v) is 1.22. The third-order valence-electron chi connectivity index (χ3n) is 2.34. The maximum atomic E-state index is 11.3. The number of nitrogens with zero attached hydrogens (tertiary/aromatic N) is 1. The van der Waals surface area contributed by atoms with Crippen LogP contribution < -0.4 is 14.9 Å². The summed E-state index contributed by atoms with van der Waals surface area (Å²) >= 11 is 0. The number of carbonyl (C=O) groups is 1. The zero-order valence-corrected chi connectivity index (χ0v) is 11.1. The maximum Gasteiger partial charge on any atom is 0.242 e. The van der Waals surface area contributed by atoms with Crippen molar-refractivity contribution in [1.29, 1.82) is 0 Å². The first-order valence-electron chi connectivity index (χ1n) is 5.63. The number of hydrogen-bond donors (Lipinski definition) is 1. The van der Waals surface area contributed by atoms with Gasteiger partial charge in [-0.15, -0.1) is 0 Å². The average molecular weight is 250 g/mol. The van der Waals surface area contributed by atoms with Crippen LogP contribution in [0.4, 0.5) is 0 Å². The molecule has 5 nitrogen and oxygen atoms in total. The Balaban J connectivity index is 2.78. The molecule has 0 aliphatic rings. The summed E-state index contributed by atoms with van der Waals surface area (Å²) in [6.07, 6.45) is 1.54. The van der Waals surface area contributed by atoms with Crippen molar-refractivity contribution >= 4 is 12.1 Å². The predicted octanol–water partition coefficient (Wildman–Crippen LogP) is 1.81. The Morgan fingerprint density at radius 2 is 2.06 bits per heavy atom. The SMILES string of the molecule is COc1ccc(/C=N/NC(=O)C(C)C)c(OC)c1. The van der Waals surface area contributed by atoms with Crippen LogP contribution in [0.2, 0.25) is 0 Å². The fraction of sp³-hybridized carbons (Fsp3) is 0.385. The third kappa shape index (κ3) is 3.76. The van der Waals surface area contributed by atoms with E-state index < -0.39 is 0 Å². The average Bonchev–Trinajstić information content (AvgIpc) is 2.38. The first-order chi connectivity index (χ1) is 8.58. The molecule has 0 saturated carbocycles. The van der Waals surface area contributed by atoms with E-state index >= 15 is 0 Å². The van der Waals surface area contributed by atoms with Gasteiger partial charge in [0.05, 0.1) is 20.4 Å². The molecule has 0 bridgehead atoms. The molecule has 0 spiro atoms. The predicted molar refractivity (Wildman–Crippen MR) is 70.1 cm³/mol. The fourth-order valence-electron chi connectivity index (χ4n) is 1.22. The Hall–Kier alpha value is -2.04. The molecule has 0 aliphatic carbocycles. The minimum absolute atomic E-state index is 0.0973. The van der Waals surface area contributed by atoms with E-state index in [0.717, 1.165) is 5.56 Å². The second-order valence-corrected chi connectivity index (χ2v) is 4.00. The maximum absolute atomic E-state index is 11.3. The van der Waals surface area contributed by atoms with Crippen molar-refractivity contribution in [3.63, 3.8) is 0 Å². The summed E-state index contributed by atoms with van der Waals surface area (Å²) in [5, 5.41) is 3.88. The highest BCUT2D eigenvalue weighted by Crippen LogP contribution is 2.22. The number of benzene rings is 1.